The summed E-state index contributed by atoms with van der Waals surface area (Å²) >= 11 is 0. The summed E-state index contributed by atoms with van der Waals surface area (Å²) in [4.78, 5) is 13.6. The van der Waals surface area contributed by atoms with Crippen molar-refractivity contribution in [3.8, 4) is 0 Å². The molecule has 0 amide bonds. The molecule has 2 aromatic carbocycles. The predicted octanol–water partition coefficient (Wildman–Crippen LogP) is 2.18. The normalized spacial score (nSPS) is 15.4. The van der Waals surface area contributed by atoms with E-state index in [1.54, 1.807) is 18.0 Å². The largest absolute Gasteiger partial charge is 0.492 e. The summed E-state index contributed by atoms with van der Waals surface area (Å²) in [5.41, 5.74) is 3.43. The van der Waals surface area contributed by atoms with Gasteiger partial charge in [-0.1, -0.05) is 24.3 Å². The molecule has 0 unspecified atom stereocenters. The van der Waals surface area contributed by atoms with Crippen molar-refractivity contribution >= 4 is 23.6 Å². The minimum atomic E-state index is -4.45. The molecular formula is C21H18F3N3O3. The van der Waals surface area contributed by atoms with Gasteiger partial charge in [0, 0.05) is 16.6 Å². The Hall–Kier alpha value is -3.62. The van der Waals surface area contributed by atoms with Crippen LogP contribution in [0.1, 0.15) is 12.5 Å². The van der Waals surface area contributed by atoms with Gasteiger partial charge in [-0.3, -0.25) is 10.2 Å². The Morgan fingerprint density at radius 1 is 1.13 bits per heavy atom. The molecule has 0 aliphatic carbocycles. The van der Waals surface area contributed by atoms with Gasteiger partial charge in [0.1, 0.15) is 12.2 Å². The Morgan fingerprint density at radius 2 is 1.83 bits per heavy atom. The van der Waals surface area contributed by atoms with Crippen LogP contribution in [0.15, 0.2) is 60.1 Å². The fourth-order valence-electron chi connectivity index (χ4n) is 3.42. The number of carbonyl (C=O) groups is 1. The number of aliphatic hydroxyl groups is 1. The van der Waals surface area contributed by atoms with Gasteiger partial charge in [0.05, 0.1) is 23.6 Å². The van der Waals surface area contributed by atoms with Gasteiger partial charge in [-0.05, 0) is 31.2 Å². The van der Waals surface area contributed by atoms with Crippen LogP contribution in [-0.4, -0.2) is 29.1 Å². The van der Waals surface area contributed by atoms with Crippen molar-refractivity contribution in [1.82, 2.24) is 10.3 Å². The quantitative estimate of drug-likeness (QED) is 0.744. The number of halogens is 3. The van der Waals surface area contributed by atoms with Crippen LogP contribution >= 0.6 is 0 Å². The number of nitrogens with zero attached hydrogens (tertiary/aromatic N) is 2. The van der Waals surface area contributed by atoms with Gasteiger partial charge in [-0.25, -0.2) is 5.01 Å². The van der Waals surface area contributed by atoms with Crippen LogP contribution in [0.2, 0.25) is 0 Å². The molecule has 2 aliphatic rings. The molecule has 2 N–H and O–H groups in total. The fraction of sp³-hybridized carbons (Fsp3) is 0.190. The number of hydrazine groups is 1. The molecule has 0 atom stereocenters. The lowest BCUT2D eigenvalue weighted by atomic mass is 10.1. The number of ether oxygens (including phenoxy) is 1. The first-order valence-corrected chi connectivity index (χ1v) is 9.20. The van der Waals surface area contributed by atoms with Crippen molar-refractivity contribution in [3.05, 3.63) is 76.1 Å². The van der Waals surface area contributed by atoms with Crippen LogP contribution < -0.4 is 20.9 Å². The maximum absolute atomic E-state index is 12.9. The second-order valence-corrected chi connectivity index (χ2v) is 6.69. The minimum absolute atomic E-state index is 0.131. The summed E-state index contributed by atoms with van der Waals surface area (Å²) in [5, 5.41) is 13.8. The first-order chi connectivity index (χ1) is 14.3. The highest BCUT2D eigenvalue weighted by Gasteiger charge is 2.35. The number of rotatable bonds is 4. The summed E-state index contributed by atoms with van der Waals surface area (Å²) in [7, 11) is 0. The number of alkyl halides is 3. The van der Waals surface area contributed by atoms with Crippen LogP contribution in [0, 0.1) is 0 Å². The van der Waals surface area contributed by atoms with Gasteiger partial charge in [0.25, 0.3) is 0 Å². The number of hydrogen-bond acceptors (Lipinski definition) is 6. The number of benzene rings is 2. The predicted molar refractivity (Wildman–Crippen MR) is 104 cm³/mol. The minimum Gasteiger partial charge on any atom is -0.492 e. The smallest absolute Gasteiger partial charge is 0.416 e. The average Bonchev–Trinajstić information content (AvgIpc) is 3.06. The molecule has 30 heavy (non-hydrogen) atoms. The van der Waals surface area contributed by atoms with Crippen LogP contribution in [-0.2, 0) is 15.7 Å². The number of carbonyl (C=O) groups excluding carboxylic acids is 1. The zero-order chi connectivity index (χ0) is 21.5. The first kappa shape index (κ1) is 19.7. The van der Waals surface area contributed by atoms with Crippen molar-refractivity contribution in [2.75, 3.05) is 18.2 Å². The van der Waals surface area contributed by atoms with Crippen molar-refractivity contribution in [1.29, 1.82) is 0 Å². The Balaban J connectivity index is 1.77. The van der Waals surface area contributed by atoms with Crippen molar-refractivity contribution in [3.63, 3.8) is 0 Å². The van der Waals surface area contributed by atoms with Crippen molar-refractivity contribution in [2.24, 2.45) is 0 Å². The molecule has 2 aromatic rings. The lowest BCUT2D eigenvalue weighted by Gasteiger charge is -2.23. The number of esters is 1. The zero-order valence-corrected chi connectivity index (χ0v) is 15.9. The van der Waals surface area contributed by atoms with E-state index in [-0.39, 0.29) is 19.0 Å². The third-order valence-corrected chi connectivity index (χ3v) is 4.75. The molecule has 9 heteroatoms. The summed E-state index contributed by atoms with van der Waals surface area (Å²) in [6, 6.07) is 11.8. The third-order valence-electron chi connectivity index (χ3n) is 4.75. The maximum Gasteiger partial charge on any atom is 0.416 e. The average molecular weight is 417 g/mol. The number of fused-ring (bicyclic) bond motifs is 2. The highest BCUT2D eigenvalue weighted by Crippen LogP contribution is 2.34. The molecule has 0 spiro atoms. The molecule has 4 rings (SSSR count). The number of aliphatic hydroxyl groups excluding tert-OH is 1. The van der Waals surface area contributed by atoms with Crippen molar-refractivity contribution in [2.45, 2.75) is 13.1 Å². The van der Waals surface area contributed by atoms with E-state index >= 15 is 0 Å². The fourth-order valence-corrected chi connectivity index (χ4v) is 3.42. The van der Waals surface area contributed by atoms with E-state index in [2.05, 4.69) is 5.43 Å². The highest BCUT2D eigenvalue weighted by atomic mass is 19.4. The molecule has 0 saturated carbocycles. The van der Waals surface area contributed by atoms with E-state index in [1.165, 1.54) is 17.1 Å². The number of anilines is 1. The number of nitrogens with one attached hydrogen (secondary N) is 1. The molecular weight excluding hydrogens is 399 g/mol. The third kappa shape index (κ3) is 3.42. The molecule has 0 bridgehead atoms. The van der Waals surface area contributed by atoms with E-state index < -0.39 is 17.7 Å². The van der Waals surface area contributed by atoms with Gasteiger partial charge in [-0.15, -0.1) is 0 Å². The Kier molecular flexibility index (Phi) is 4.81. The molecule has 0 fully saturated rings. The second kappa shape index (κ2) is 7.33. The number of hydrogen-bond donors (Lipinski definition) is 2. The lowest BCUT2D eigenvalue weighted by Crippen LogP contribution is -2.42. The summed E-state index contributed by atoms with van der Waals surface area (Å²) in [6.45, 7) is 1.79. The summed E-state index contributed by atoms with van der Waals surface area (Å²) in [5.74, 6) is -0.708. The highest BCUT2D eigenvalue weighted by molar-refractivity contribution is 5.79. The van der Waals surface area contributed by atoms with E-state index in [1.807, 2.05) is 24.3 Å². The van der Waals surface area contributed by atoms with E-state index in [0.29, 0.717) is 17.1 Å². The van der Waals surface area contributed by atoms with Gasteiger partial charge in [-0.2, -0.15) is 13.2 Å². The molecule has 0 radical (unpaired) electrons. The first-order valence-electron chi connectivity index (χ1n) is 9.20. The Labute approximate surface area is 169 Å². The van der Waals surface area contributed by atoms with Gasteiger partial charge >= 0.3 is 12.1 Å². The van der Waals surface area contributed by atoms with Crippen LogP contribution in [0.25, 0.3) is 11.9 Å². The molecule has 0 aromatic heterocycles. The molecule has 2 aliphatic heterocycles. The van der Waals surface area contributed by atoms with Gasteiger partial charge in [0.15, 0.2) is 0 Å². The van der Waals surface area contributed by atoms with E-state index in [4.69, 9.17) is 4.74 Å². The Bertz CT molecular complexity index is 1140. The zero-order valence-electron chi connectivity index (χ0n) is 15.9. The topological polar surface area (TPSA) is 65.0 Å². The summed E-state index contributed by atoms with van der Waals surface area (Å²) in [6.07, 6.45) is -2.73. The lowest BCUT2D eigenvalue weighted by molar-refractivity contribution is -0.143. The molecule has 156 valence electrons. The summed E-state index contributed by atoms with van der Waals surface area (Å²) < 4.78 is 43.6. The van der Waals surface area contributed by atoms with Crippen LogP contribution in [0.4, 0.5) is 18.9 Å². The van der Waals surface area contributed by atoms with Crippen LogP contribution in [0.3, 0.4) is 0 Å². The van der Waals surface area contributed by atoms with Gasteiger partial charge < -0.3 is 14.7 Å². The van der Waals surface area contributed by atoms with Gasteiger partial charge in [0.2, 0.25) is 5.88 Å². The van der Waals surface area contributed by atoms with Crippen molar-refractivity contribution < 1.29 is 27.8 Å². The Morgan fingerprint density at radius 3 is 2.50 bits per heavy atom. The molecule has 0 saturated heterocycles. The van der Waals surface area contributed by atoms with E-state index in [9.17, 15) is 23.1 Å². The standard InChI is InChI=1S/C21H18F3N3O3/c1-2-30-17(28)12-26-11-13-5-3-4-6-16(13)18-19(26)20(29)27(25-18)15-9-7-14(8-10-15)21(22,23)24/h3-11,25,29H,2,12H2,1H3. The second-order valence-electron chi connectivity index (χ2n) is 6.69. The monoisotopic (exact) mass is 417 g/mol. The SMILES string of the molecule is CCOC(=O)CN1C=c2ccccc2=C2NN(c3ccc(C(F)(F)F)cc3)C(O)=C21. The van der Waals surface area contributed by atoms with Crippen LogP contribution in [0.5, 0.6) is 0 Å². The van der Waals surface area contributed by atoms with E-state index in [0.717, 1.165) is 22.6 Å². The maximum atomic E-state index is 12.9. The molecule has 2 heterocycles. The molecule has 6 nitrogen and oxygen atoms in total.